The first kappa shape index (κ1) is 15.4. The smallest absolute Gasteiger partial charge is 0.233 e. The van der Waals surface area contributed by atoms with Crippen LogP contribution >= 0.6 is 0 Å². The highest BCUT2D eigenvalue weighted by atomic mass is 32.2. The summed E-state index contributed by atoms with van der Waals surface area (Å²) in [6.07, 6.45) is 0.410. The van der Waals surface area contributed by atoms with Crippen LogP contribution in [0, 0.1) is 5.92 Å². The number of hydrogen-bond acceptors (Lipinski definition) is 4. The van der Waals surface area contributed by atoms with E-state index in [2.05, 4.69) is 0 Å². The molecule has 0 atom stereocenters. The Kier molecular flexibility index (Phi) is 4.83. The van der Waals surface area contributed by atoms with Gasteiger partial charge >= 0.3 is 0 Å². The van der Waals surface area contributed by atoms with Crippen molar-refractivity contribution in [2.75, 3.05) is 5.75 Å². The molecule has 2 N–H and O–H groups in total. The first-order valence-electron chi connectivity index (χ1n) is 5.86. The molecule has 0 heterocycles. The zero-order chi connectivity index (χ0) is 14.6. The Morgan fingerprint density at radius 2 is 1.68 bits per heavy atom. The summed E-state index contributed by atoms with van der Waals surface area (Å²) in [5, 5.41) is 0. The number of hydrogen-bond donors (Lipinski definition) is 1. The molecule has 5 nitrogen and oxygen atoms in total. The molecule has 1 amide bonds. The number of benzene rings is 1. The molecule has 0 radical (unpaired) electrons. The molecule has 0 unspecified atom stereocenters. The Morgan fingerprint density at radius 1 is 1.16 bits per heavy atom. The normalized spacial score (nSPS) is 11.5. The summed E-state index contributed by atoms with van der Waals surface area (Å²) >= 11 is 0. The van der Waals surface area contributed by atoms with Gasteiger partial charge in [-0.2, -0.15) is 0 Å². The van der Waals surface area contributed by atoms with Gasteiger partial charge in [-0.3, -0.25) is 9.59 Å². The van der Waals surface area contributed by atoms with Crippen molar-refractivity contribution in [1.29, 1.82) is 0 Å². The monoisotopic (exact) mass is 283 g/mol. The lowest BCUT2D eigenvalue weighted by molar-refractivity contribution is -0.115. The number of carbonyl (C=O) groups is 2. The van der Waals surface area contributed by atoms with Gasteiger partial charge in [-0.25, -0.2) is 8.42 Å². The van der Waals surface area contributed by atoms with Gasteiger partial charge in [-0.05, 0) is 18.1 Å². The van der Waals surface area contributed by atoms with Gasteiger partial charge in [0.05, 0.1) is 4.90 Å². The van der Waals surface area contributed by atoms with Gasteiger partial charge in [0.15, 0.2) is 15.6 Å². The van der Waals surface area contributed by atoms with Crippen LogP contribution in [-0.4, -0.2) is 25.9 Å². The Bertz CT molecular complexity index is 573. The molecule has 1 aromatic rings. The van der Waals surface area contributed by atoms with Crippen LogP contribution in [0.15, 0.2) is 29.2 Å². The summed E-state index contributed by atoms with van der Waals surface area (Å²) in [5.74, 6) is -1.42. The Morgan fingerprint density at radius 3 is 2.11 bits per heavy atom. The third-order valence-electron chi connectivity index (χ3n) is 2.46. The number of nitrogens with two attached hydrogens (primary N) is 1. The highest BCUT2D eigenvalue weighted by Crippen LogP contribution is 2.15. The molecule has 0 aliphatic carbocycles. The molecule has 1 aromatic carbocycles. The molecule has 0 bridgehead atoms. The fourth-order valence-electron chi connectivity index (χ4n) is 1.61. The first-order valence-corrected chi connectivity index (χ1v) is 7.52. The number of amides is 1. The van der Waals surface area contributed by atoms with E-state index in [-0.39, 0.29) is 16.6 Å². The minimum atomic E-state index is -3.71. The average Bonchev–Trinajstić information content (AvgIpc) is 2.26. The van der Waals surface area contributed by atoms with E-state index >= 15 is 0 Å². The van der Waals surface area contributed by atoms with Gasteiger partial charge in [-0.1, -0.05) is 26.0 Å². The van der Waals surface area contributed by atoms with E-state index in [4.69, 9.17) is 5.73 Å². The molecule has 6 heteroatoms. The van der Waals surface area contributed by atoms with Gasteiger partial charge in [0.2, 0.25) is 5.91 Å². The van der Waals surface area contributed by atoms with Crippen molar-refractivity contribution in [2.45, 2.75) is 25.2 Å². The second-order valence-electron chi connectivity index (χ2n) is 4.77. The third-order valence-corrected chi connectivity index (χ3v) is 4.12. The zero-order valence-corrected chi connectivity index (χ0v) is 11.7. The lowest BCUT2D eigenvalue weighted by atomic mass is 10.0. The number of rotatable bonds is 6. The molecule has 0 spiro atoms. The molecule has 0 fully saturated rings. The largest absolute Gasteiger partial charge is 0.369 e. The predicted octanol–water partition coefficient (Wildman–Crippen LogP) is 1.17. The predicted molar refractivity (Wildman–Crippen MR) is 71.5 cm³/mol. The second kappa shape index (κ2) is 5.97. The highest BCUT2D eigenvalue weighted by Gasteiger charge is 2.18. The lowest BCUT2D eigenvalue weighted by Crippen LogP contribution is -2.23. The van der Waals surface area contributed by atoms with Crippen LogP contribution in [-0.2, 0) is 14.6 Å². The second-order valence-corrected chi connectivity index (χ2v) is 6.76. The average molecular weight is 283 g/mol. The maximum atomic E-state index is 11.8. The third kappa shape index (κ3) is 4.48. The molecule has 0 aliphatic rings. The summed E-state index contributed by atoms with van der Waals surface area (Å²) in [7, 11) is -3.71. The van der Waals surface area contributed by atoms with Crippen LogP contribution in [0.4, 0.5) is 0 Å². The standard InChI is InChI=1S/C13H17NO4S/c1-9(2)7-12(15)10-3-5-11(6-4-10)19(17,18)8-13(14)16/h3-6,9H,7-8H2,1-2H3,(H2,14,16). The molecule has 0 saturated heterocycles. The van der Waals surface area contributed by atoms with E-state index < -0.39 is 21.5 Å². The van der Waals surface area contributed by atoms with Crippen molar-refractivity contribution in [2.24, 2.45) is 11.7 Å². The van der Waals surface area contributed by atoms with Gasteiger partial charge in [0, 0.05) is 12.0 Å². The van der Waals surface area contributed by atoms with Crippen molar-refractivity contribution in [1.82, 2.24) is 0 Å². The minimum Gasteiger partial charge on any atom is -0.369 e. The maximum absolute atomic E-state index is 11.8. The molecular formula is C13H17NO4S. The minimum absolute atomic E-state index is 0.00704. The van der Waals surface area contributed by atoms with Crippen molar-refractivity contribution < 1.29 is 18.0 Å². The van der Waals surface area contributed by atoms with Crippen LogP contribution in [0.1, 0.15) is 30.6 Å². The molecule has 104 valence electrons. The maximum Gasteiger partial charge on any atom is 0.233 e. The van der Waals surface area contributed by atoms with Crippen LogP contribution < -0.4 is 5.73 Å². The highest BCUT2D eigenvalue weighted by molar-refractivity contribution is 7.92. The van der Waals surface area contributed by atoms with Crippen LogP contribution in [0.5, 0.6) is 0 Å². The Hall–Kier alpha value is -1.69. The van der Waals surface area contributed by atoms with E-state index in [0.29, 0.717) is 12.0 Å². The van der Waals surface area contributed by atoms with Gasteiger partial charge in [0.1, 0.15) is 5.75 Å². The molecule has 0 saturated carbocycles. The SMILES string of the molecule is CC(C)CC(=O)c1ccc(S(=O)(=O)CC(N)=O)cc1. The molecule has 1 rings (SSSR count). The van der Waals surface area contributed by atoms with Gasteiger partial charge < -0.3 is 5.73 Å². The summed E-state index contributed by atoms with van der Waals surface area (Å²) in [6.45, 7) is 3.87. The number of ketones is 1. The Labute approximate surface area is 112 Å². The van der Waals surface area contributed by atoms with Crippen molar-refractivity contribution in [3.05, 3.63) is 29.8 Å². The van der Waals surface area contributed by atoms with E-state index in [1.54, 1.807) is 0 Å². The van der Waals surface area contributed by atoms with Gasteiger partial charge in [0.25, 0.3) is 0 Å². The fraction of sp³-hybridized carbons (Fsp3) is 0.385. The summed E-state index contributed by atoms with van der Waals surface area (Å²) < 4.78 is 23.4. The van der Waals surface area contributed by atoms with E-state index in [1.807, 2.05) is 13.8 Å². The first-order chi connectivity index (χ1) is 8.72. The fourth-order valence-corrected chi connectivity index (χ4v) is 2.70. The topological polar surface area (TPSA) is 94.3 Å². The number of Topliss-reactive ketones (excluding diaryl/α,β-unsaturated/α-hetero) is 1. The van der Waals surface area contributed by atoms with Crippen LogP contribution in [0.3, 0.4) is 0 Å². The van der Waals surface area contributed by atoms with Crippen molar-refractivity contribution in [3.63, 3.8) is 0 Å². The summed E-state index contributed by atoms with van der Waals surface area (Å²) in [5.41, 5.74) is 5.34. The molecule has 0 aliphatic heterocycles. The molecule has 0 aromatic heterocycles. The zero-order valence-electron chi connectivity index (χ0n) is 10.9. The van der Waals surface area contributed by atoms with E-state index in [0.717, 1.165) is 0 Å². The van der Waals surface area contributed by atoms with Crippen LogP contribution in [0.25, 0.3) is 0 Å². The molecule has 19 heavy (non-hydrogen) atoms. The number of sulfone groups is 1. The van der Waals surface area contributed by atoms with E-state index in [9.17, 15) is 18.0 Å². The summed E-state index contributed by atoms with van der Waals surface area (Å²) in [4.78, 5) is 22.4. The number of carbonyl (C=O) groups excluding carboxylic acids is 2. The quantitative estimate of drug-likeness (QED) is 0.793. The van der Waals surface area contributed by atoms with E-state index in [1.165, 1.54) is 24.3 Å². The summed E-state index contributed by atoms with van der Waals surface area (Å²) in [6, 6.07) is 5.56. The van der Waals surface area contributed by atoms with Crippen LogP contribution in [0.2, 0.25) is 0 Å². The Balaban J connectivity index is 2.94. The molecular weight excluding hydrogens is 266 g/mol. The van der Waals surface area contributed by atoms with Crippen molar-refractivity contribution in [3.8, 4) is 0 Å². The lowest BCUT2D eigenvalue weighted by Gasteiger charge is -2.06. The van der Waals surface area contributed by atoms with Crippen molar-refractivity contribution >= 4 is 21.5 Å². The van der Waals surface area contributed by atoms with Gasteiger partial charge in [-0.15, -0.1) is 0 Å². The number of primary amides is 1.